The molecule has 11 rings (SSSR count). The second-order valence-corrected chi connectivity index (χ2v) is 12.7. The predicted molar refractivity (Wildman–Crippen MR) is 198 cm³/mol. The highest BCUT2D eigenvalue weighted by Gasteiger charge is 2.43. The predicted octanol–water partition coefficient (Wildman–Crippen LogP) is 11.3. The largest absolute Gasteiger partial charge is 0.456 e. The highest BCUT2D eigenvalue weighted by molar-refractivity contribution is 6.11. The molecule has 0 saturated heterocycles. The van der Waals surface area contributed by atoms with E-state index in [0.717, 1.165) is 33.3 Å². The van der Waals surface area contributed by atoms with Gasteiger partial charge in [-0.25, -0.2) is 0 Å². The second kappa shape index (κ2) is 9.53. The van der Waals surface area contributed by atoms with Gasteiger partial charge < -0.3 is 19.2 Å². The fraction of sp³-hybridized carbons (Fsp3) is 0.0233. The van der Waals surface area contributed by atoms with E-state index in [9.17, 15) is 0 Å². The maximum atomic E-state index is 6.18. The lowest BCUT2D eigenvalue weighted by Gasteiger charge is -2.27. The Hall–Kier alpha value is -6.46. The number of rotatable bonds is 3. The molecular weight excluding hydrogens is 589 g/mol. The molecule has 5 heteroatoms. The van der Waals surface area contributed by atoms with Crippen LogP contribution in [0.25, 0.3) is 60.6 Å². The van der Waals surface area contributed by atoms with Crippen LogP contribution in [0, 0.1) is 0 Å². The van der Waals surface area contributed by atoms with Crippen molar-refractivity contribution < 1.29 is 4.42 Å². The Morgan fingerprint density at radius 3 is 2.10 bits per heavy atom. The van der Waals surface area contributed by atoms with Crippen LogP contribution >= 0.6 is 0 Å². The number of nitrogens with zero attached hydrogens (tertiary/aromatic N) is 3. The first-order valence-corrected chi connectivity index (χ1v) is 16.4. The minimum atomic E-state index is -0.0883. The summed E-state index contributed by atoms with van der Waals surface area (Å²) in [7, 11) is 0. The second-order valence-electron chi connectivity index (χ2n) is 12.7. The molecule has 2 aliphatic rings. The minimum absolute atomic E-state index is 0.0883. The molecule has 1 N–H and O–H groups in total. The molecule has 0 amide bonds. The molecule has 0 aliphatic carbocycles. The van der Waals surface area contributed by atoms with E-state index in [4.69, 9.17) is 4.42 Å². The Morgan fingerprint density at radius 2 is 1.17 bits per heavy atom. The van der Waals surface area contributed by atoms with E-state index in [1.807, 2.05) is 12.1 Å². The third-order valence-corrected chi connectivity index (χ3v) is 10.1. The Bertz CT molecular complexity index is 2740. The van der Waals surface area contributed by atoms with Gasteiger partial charge in [0.25, 0.3) is 0 Å². The molecule has 1 atom stereocenters. The van der Waals surface area contributed by atoms with Crippen molar-refractivity contribution >= 4 is 72.2 Å². The molecule has 9 aromatic rings. The summed E-state index contributed by atoms with van der Waals surface area (Å²) in [5, 5.41) is 8.58. The van der Waals surface area contributed by atoms with Crippen molar-refractivity contribution in [3.05, 3.63) is 158 Å². The number of para-hydroxylation sites is 5. The van der Waals surface area contributed by atoms with Gasteiger partial charge in [-0.1, -0.05) is 78.9 Å². The van der Waals surface area contributed by atoms with Crippen LogP contribution < -0.4 is 15.1 Å². The molecule has 0 saturated carbocycles. The van der Waals surface area contributed by atoms with Gasteiger partial charge in [0.05, 0.1) is 33.8 Å². The topological polar surface area (TPSA) is 36.6 Å². The zero-order valence-electron chi connectivity index (χ0n) is 25.8. The fourth-order valence-corrected chi connectivity index (χ4v) is 7.97. The lowest BCUT2D eigenvalue weighted by Crippen LogP contribution is -2.40. The van der Waals surface area contributed by atoms with Gasteiger partial charge in [-0.2, -0.15) is 0 Å². The van der Waals surface area contributed by atoms with Crippen molar-refractivity contribution in [3.63, 3.8) is 0 Å². The molecule has 0 spiro atoms. The van der Waals surface area contributed by atoms with Crippen LogP contribution in [0.15, 0.2) is 162 Å². The number of benzene rings is 7. The first-order valence-electron chi connectivity index (χ1n) is 16.4. The van der Waals surface area contributed by atoms with Crippen LogP contribution in [-0.2, 0) is 0 Å². The van der Waals surface area contributed by atoms with Crippen LogP contribution in [0.2, 0.25) is 0 Å². The van der Waals surface area contributed by atoms with E-state index in [1.54, 1.807) is 0 Å². The average Bonchev–Trinajstić information content (AvgIpc) is 3.88. The van der Waals surface area contributed by atoms with Crippen LogP contribution in [0.1, 0.15) is 0 Å². The van der Waals surface area contributed by atoms with Crippen LogP contribution in [-0.4, -0.2) is 10.9 Å². The van der Waals surface area contributed by atoms with Crippen LogP contribution in [0.3, 0.4) is 0 Å². The van der Waals surface area contributed by atoms with E-state index in [2.05, 4.69) is 165 Å². The van der Waals surface area contributed by atoms with Crippen LogP contribution in [0.5, 0.6) is 0 Å². The number of anilines is 5. The van der Waals surface area contributed by atoms with Gasteiger partial charge in [-0.15, -0.1) is 0 Å². The van der Waals surface area contributed by atoms with E-state index < -0.39 is 0 Å². The summed E-state index contributed by atoms with van der Waals surface area (Å²) in [5.41, 5.74) is 13.6. The standard InChI is InChI=1S/C43H28N4O/c1-2-10-29(11-3-1)45-36-15-7-4-12-31(36)33-24-27(18-21-37(33)45)28-19-22-39-40(25-28)47-38-16-8-6-14-35(38)44-43(47)46(39)30-20-23-42-34(26-30)32-13-5-9-17-41(32)48-42/h1-26,43-44H. The average molecular weight is 617 g/mol. The van der Waals surface area contributed by atoms with Gasteiger partial charge in [0.1, 0.15) is 11.2 Å². The third kappa shape index (κ3) is 3.50. The number of hydrogen-bond acceptors (Lipinski definition) is 4. The highest BCUT2D eigenvalue weighted by Crippen LogP contribution is 2.54. The molecule has 2 aliphatic heterocycles. The zero-order valence-corrected chi connectivity index (χ0v) is 25.8. The molecule has 4 heterocycles. The molecule has 0 radical (unpaired) electrons. The summed E-state index contributed by atoms with van der Waals surface area (Å²) >= 11 is 0. The van der Waals surface area contributed by atoms with Crippen molar-refractivity contribution in [3.8, 4) is 16.8 Å². The fourth-order valence-electron chi connectivity index (χ4n) is 7.97. The van der Waals surface area contributed by atoms with Crippen molar-refractivity contribution in [2.45, 2.75) is 6.29 Å². The van der Waals surface area contributed by atoms with E-state index in [0.29, 0.717) is 0 Å². The summed E-state index contributed by atoms with van der Waals surface area (Å²) in [6.45, 7) is 0. The number of aromatic nitrogens is 1. The molecule has 0 bridgehead atoms. The molecule has 2 aromatic heterocycles. The van der Waals surface area contributed by atoms with Gasteiger partial charge >= 0.3 is 0 Å². The van der Waals surface area contributed by atoms with Crippen molar-refractivity contribution in [2.24, 2.45) is 0 Å². The van der Waals surface area contributed by atoms with Crippen molar-refractivity contribution in [1.82, 2.24) is 4.57 Å². The maximum Gasteiger partial charge on any atom is 0.187 e. The van der Waals surface area contributed by atoms with Gasteiger partial charge in [0.2, 0.25) is 0 Å². The van der Waals surface area contributed by atoms with Crippen molar-refractivity contribution in [1.29, 1.82) is 0 Å². The highest BCUT2D eigenvalue weighted by atomic mass is 16.3. The summed E-state index contributed by atoms with van der Waals surface area (Å²) in [6, 6.07) is 56.6. The quantitative estimate of drug-likeness (QED) is 0.214. The first-order chi connectivity index (χ1) is 23.8. The molecule has 226 valence electrons. The summed E-state index contributed by atoms with van der Waals surface area (Å²) < 4.78 is 8.55. The van der Waals surface area contributed by atoms with Crippen LogP contribution in [0.4, 0.5) is 28.4 Å². The normalized spacial score (nSPS) is 15.0. The van der Waals surface area contributed by atoms with Gasteiger partial charge in [-0.05, 0) is 90.0 Å². The van der Waals surface area contributed by atoms with E-state index >= 15 is 0 Å². The van der Waals surface area contributed by atoms with E-state index in [1.165, 1.54) is 55.7 Å². The minimum Gasteiger partial charge on any atom is -0.456 e. The summed E-state index contributed by atoms with van der Waals surface area (Å²) in [6.07, 6.45) is -0.0883. The Balaban J connectivity index is 1.09. The summed E-state index contributed by atoms with van der Waals surface area (Å²) in [5.74, 6) is 0. The first kappa shape index (κ1) is 25.7. The SMILES string of the molecule is c1ccc(-n2c3ccccc3c3cc(-c4ccc5c(c4)N4c6ccccc6NC4N5c4ccc5oc6ccccc6c5c4)ccc32)cc1. The number of nitrogens with one attached hydrogen (secondary N) is 1. The Kier molecular flexibility index (Phi) is 5.10. The molecule has 1 unspecified atom stereocenters. The van der Waals surface area contributed by atoms with Gasteiger partial charge in [0, 0.05) is 32.9 Å². The molecule has 5 nitrogen and oxygen atoms in total. The molecular formula is C43H28N4O. The van der Waals surface area contributed by atoms with Gasteiger partial charge in [-0.3, -0.25) is 4.90 Å². The summed E-state index contributed by atoms with van der Waals surface area (Å²) in [4.78, 5) is 4.85. The lowest BCUT2D eigenvalue weighted by molar-refractivity contribution is 0.669. The Morgan fingerprint density at radius 1 is 0.438 bits per heavy atom. The number of hydrogen-bond donors (Lipinski definition) is 1. The third-order valence-electron chi connectivity index (χ3n) is 10.1. The maximum absolute atomic E-state index is 6.18. The number of furan rings is 1. The smallest absolute Gasteiger partial charge is 0.187 e. The number of fused-ring (bicyclic) bond motifs is 11. The van der Waals surface area contributed by atoms with E-state index in [-0.39, 0.29) is 6.29 Å². The van der Waals surface area contributed by atoms with Gasteiger partial charge in [0.15, 0.2) is 6.29 Å². The molecule has 48 heavy (non-hydrogen) atoms. The monoisotopic (exact) mass is 616 g/mol. The lowest BCUT2D eigenvalue weighted by atomic mass is 10.0. The van der Waals surface area contributed by atoms with Crippen molar-refractivity contribution in [2.75, 3.05) is 15.1 Å². The zero-order chi connectivity index (χ0) is 31.3. The molecule has 0 fully saturated rings. The Labute approximate surface area is 276 Å². The molecule has 7 aromatic carbocycles.